The maximum Gasteiger partial charge on any atom is 0.253 e. The van der Waals surface area contributed by atoms with E-state index in [1.807, 2.05) is 0 Å². The zero-order valence-corrected chi connectivity index (χ0v) is 11.4. The van der Waals surface area contributed by atoms with Crippen LogP contribution in [-0.2, 0) is 0 Å². The van der Waals surface area contributed by atoms with Crippen molar-refractivity contribution in [3.05, 3.63) is 39.1 Å². The Hall–Kier alpha value is -1.23. The van der Waals surface area contributed by atoms with E-state index in [1.54, 1.807) is 25.1 Å². The summed E-state index contributed by atoms with van der Waals surface area (Å²) in [4.78, 5) is 17.2. The monoisotopic (exact) mass is 286 g/mol. The largest absolute Gasteiger partial charge is 0.495 e. The average Bonchev–Trinajstić information content (AvgIpc) is 2.37. The van der Waals surface area contributed by atoms with Gasteiger partial charge in [-0.3, -0.25) is 4.79 Å². The van der Waals surface area contributed by atoms with Crippen LogP contribution in [0.4, 0.5) is 0 Å². The van der Waals surface area contributed by atoms with Crippen LogP contribution in [0.1, 0.15) is 18.5 Å². The second-order valence-electron chi connectivity index (χ2n) is 3.96. The molecule has 0 fully saturated rings. The molecule has 0 aliphatic carbocycles. The van der Waals surface area contributed by atoms with Gasteiger partial charge in [-0.05, 0) is 30.8 Å². The highest BCUT2D eigenvalue weighted by Crippen LogP contribution is 2.29. The molecule has 0 aliphatic rings. The molecule has 1 heterocycles. The van der Waals surface area contributed by atoms with Crippen molar-refractivity contribution >= 4 is 34.3 Å². The maximum atomic E-state index is 11.9. The first-order valence-corrected chi connectivity index (χ1v) is 6.09. The van der Waals surface area contributed by atoms with Crippen molar-refractivity contribution < 1.29 is 4.74 Å². The van der Waals surface area contributed by atoms with Crippen molar-refractivity contribution in [3.63, 3.8) is 0 Å². The van der Waals surface area contributed by atoms with E-state index < -0.39 is 0 Å². The van der Waals surface area contributed by atoms with Crippen molar-refractivity contribution in [1.82, 2.24) is 9.82 Å². The highest BCUT2D eigenvalue weighted by atomic mass is 35.5. The molecule has 0 bridgehead atoms. The Balaban J connectivity index is 2.69. The minimum absolute atomic E-state index is 0.187. The van der Waals surface area contributed by atoms with Crippen LogP contribution >= 0.6 is 23.4 Å². The van der Waals surface area contributed by atoms with E-state index >= 15 is 0 Å². The third kappa shape index (κ3) is 2.32. The Morgan fingerprint density at radius 3 is 2.72 bits per heavy atom. The molecule has 1 aromatic heterocycles. The van der Waals surface area contributed by atoms with Crippen LogP contribution in [0.15, 0.2) is 23.0 Å². The van der Waals surface area contributed by atoms with Crippen molar-refractivity contribution in [2.75, 3.05) is 7.11 Å². The standard InChI is InChI=1S/C12H12Cl2N2O2/c1-6(16-14)8-3-7-4-9(13)11(18-2)5-10(7)15-12(8)17/h3-6,16H,1-2H3,(H,15,17)/t6-/m0/s1. The molecule has 18 heavy (non-hydrogen) atoms. The van der Waals surface area contributed by atoms with E-state index in [-0.39, 0.29) is 11.6 Å². The third-order valence-corrected chi connectivity index (χ3v) is 3.40. The third-order valence-electron chi connectivity index (χ3n) is 2.78. The number of pyridine rings is 1. The van der Waals surface area contributed by atoms with Crippen LogP contribution in [0.2, 0.25) is 5.02 Å². The number of fused-ring (bicyclic) bond motifs is 1. The number of methoxy groups -OCH3 is 1. The number of ether oxygens (including phenoxy) is 1. The van der Waals surface area contributed by atoms with Gasteiger partial charge in [0.15, 0.2) is 0 Å². The van der Waals surface area contributed by atoms with Gasteiger partial charge in [0.2, 0.25) is 0 Å². The molecule has 0 amide bonds. The highest BCUT2D eigenvalue weighted by molar-refractivity contribution is 6.32. The Morgan fingerprint density at radius 2 is 2.11 bits per heavy atom. The van der Waals surface area contributed by atoms with Crippen LogP contribution in [0.3, 0.4) is 0 Å². The summed E-state index contributed by atoms with van der Waals surface area (Å²) in [5.74, 6) is 0.524. The number of hydrogen-bond donors (Lipinski definition) is 2. The fraction of sp³-hybridized carbons (Fsp3) is 0.250. The lowest BCUT2D eigenvalue weighted by Gasteiger charge is -2.10. The number of nitrogens with one attached hydrogen (secondary N) is 2. The smallest absolute Gasteiger partial charge is 0.253 e. The molecule has 1 atom stereocenters. The Kier molecular flexibility index (Phi) is 3.80. The first-order valence-electron chi connectivity index (χ1n) is 5.33. The molecule has 0 radical (unpaired) electrons. The van der Waals surface area contributed by atoms with Crippen molar-refractivity contribution in [2.45, 2.75) is 13.0 Å². The summed E-state index contributed by atoms with van der Waals surface area (Å²) < 4.78 is 5.10. The lowest BCUT2D eigenvalue weighted by Crippen LogP contribution is -2.19. The van der Waals surface area contributed by atoms with Crippen LogP contribution < -0.4 is 15.1 Å². The molecule has 6 heteroatoms. The molecular weight excluding hydrogens is 275 g/mol. The van der Waals surface area contributed by atoms with Gasteiger partial charge in [0.25, 0.3) is 5.56 Å². The van der Waals surface area contributed by atoms with Crippen LogP contribution in [0.5, 0.6) is 5.75 Å². The summed E-state index contributed by atoms with van der Waals surface area (Å²) in [6.07, 6.45) is 0. The molecule has 0 saturated carbocycles. The summed E-state index contributed by atoms with van der Waals surface area (Å²) >= 11 is 11.6. The van der Waals surface area contributed by atoms with Gasteiger partial charge < -0.3 is 9.72 Å². The molecule has 1 aromatic carbocycles. The molecule has 2 rings (SSSR count). The lowest BCUT2D eigenvalue weighted by atomic mass is 10.1. The van der Waals surface area contributed by atoms with Gasteiger partial charge in [0.05, 0.1) is 17.6 Å². The number of halogens is 2. The number of hydrogen-bond acceptors (Lipinski definition) is 3. The topological polar surface area (TPSA) is 54.1 Å². The summed E-state index contributed by atoms with van der Waals surface area (Å²) in [5.41, 5.74) is 1.04. The quantitative estimate of drug-likeness (QED) is 0.853. The number of aromatic nitrogens is 1. The summed E-state index contributed by atoms with van der Waals surface area (Å²) in [7, 11) is 1.53. The Labute approximate surface area is 114 Å². The molecule has 2 aromatic rings. The first-order chi connectivity index (χ1) is 8.56. The summed E-state index contributed by atoms with van der Waals surface area (Å²) in [6.45, 7) is 1.80. The Morgan fingerprint density at radius 1 is 1.39 bits per heavy atom. The molecular formula is C12H12Cl2N2O2. The van der Waals surface area contributed by atoms with Crippen LogP contribution in [-0.4, -0.2) is 12.1 Å². The van der Waals surface area contributed by atoms with Crippen LogP contribution in [0, 0.1) is 0 Å². The number of rotatable bonds is 3. The molecule has 0 aliphatic heterocycles. The van der Waals surface area contributed by atoms with E-state index in [1.165, 1.54) is 7.11 Å². The van der Waals surface area contributed by atoms with Gasteiger partial charge in [-0.1, -0.05) is 11.6 Å². The van der Waals surface area contributed by atoms with E-state index in [0.717, 1.165) is 5.39 Å². The van der Waals surface area contributed by atoms with Gasteiger partial charge in [0.1, 0.15) is 5.75 Å². The normalized spacial score (nSPS) is 12.7. The number of aromatic amines is 1. The van der Waals surface area contributed by atoms with Gasteiger partial charge in [-0.15, -0.1) is 0 Å². The number of benzene rings is 1. The summed E-state index contributed by atoms with van der Waals surface area (Å²) in [6, 6.07) is 4.96. The predicted octanol–water partition coefficient (Wildman–Crippen LogP) is 2.99. The average molecular weight is 287 g/mol. The van der Waals surface area contributed by atoms with Crippen molar-refractivity contribution in [1.29, 1.82) is 0 Å². The lowest BCUT2D eigenvalue weighted by molar-refractivity contribution is 0.415. The van der Waals surface area contributed by atoms with Crippen molar-refractivity contribution in [2.24, 2.45) is 0 Å². The van der Waals surface area contributed by atoms with Gasteiger partial charge >= 0.3 is 0 Å². The fourth-order valence-corrected chi connectivity index (χ4v) is 2.13. The first kappa shape index (κ1) is 13.2. The zero-order valence-electron chi connectivity index (χ0n) is 9.88. The molecule has 0 unspecified atom stereocenters. The second-order valence-corrected chi connectivity index (χ2v) is 4.58. The predicted molar refractivity (Wildman–Crippen MR) is 73.5 cm³/mol. The molecule has 0 spiro atoms. The minimum Gasteiger partial charge on any atom is -0.495 e. The van der Waals surface area contributed by atoms with Gasteiger partial charge in [0, 0.05) is 23.1 Å². The maximum absolute atomic E-state index is 11.9. The van der Waals surface area contributed by atoms with Gasteiger partial charge in [-0.2, -0.15) is 0 Å². The zero-order chi connectivity index (χ0) is 13.3. The molecule has 2 N–H and O–H groups in total. The summed E-state index contributed by atoms with van der Waals surface area (Å²) in [5, 5.41) is 1.32. The molecule has 4 nitrogen and oxygen atoms in total. The second kappa shape index (κ2) is 5.18. The van der Waals surface area contributed by atoms with E-state index in [0.29, 0.717) is 21.9 Å². The van der Waals surface area contributed by atoms with Gasteiger partial charge in [-0.25, -0.2) is 4.84 Å². The van der Waals surface area contributed by atoms with Crippen molar-refractivity contribution in [3.8, 4) is 5.75 Å². The number of H-pyrrole nitrogens is 1. The Bertz CT molecular complexity index is 640. The van der Waals surface area contributed by atoms with E-state index in [9.17, 15) is 4.79 Å². The fourth-order valence-electron chi connectivity index (χ4n) is 1.76. The van der Waals surface area contributed by atoms with E-state index in [4.69, 9.17) is 28.1 Å². The SMILES string of the molecule is COc1cc2[nH]c(=O)c([C@H](C)NCl)cc2cc1Cl. The molecule has 0 saturated heterocycles. The highest BCUT2D eigenvalue weighted by Gasteiger charge is 2.11. The molecule has 96 valence electrons. The minimum atomic E-state index is -0.249. The van der Waals surface area contributed by atoms with E-state index in [2.05, 4.69) is 9.82 Å². The van der Waals surface area contributed by atoms with Crippen LogP contribution in [0.25, 0.3) is 10.9 Å².